The minimum absolute atomic E-state index is 0.205. The zero-order chi connectivity index (χ0) is 14.6. The molecular formula is C13H17NO5. The molecule has 1 heterocycles. The van der Waals surface area contributed by atoms with Crippen LogP contribution in [0, 0.1) is 13.8 Å². The van der Waals surface area contributed by atoms with Crippen LogP contribution >= 0.6 is 0 Å². The fourth-order valence-corrected chi connectivity index (χ4v) is 1.83. The highest BCUT2D eigenvalue weighted by atomic mass is 16.5. The molecule has 0 radical (unpaired) electrons. The number of hydrogen-bond acceptors (Lipinski definition) is 5. The van der Waals surface area contributed by atoms with Crippen LogP contribution in [0.15, 0.2) is 0 Å². The van der Waals surface area contributed by atoms with Crippen molar-refractivity contribution in [3.05, 3.63) is 22.5 Å². The lowest BCUT2D eigenvalue weighted by molar-refractivity contribution is -0.139. The smallest absolute Gasteiger partial charge is 0.340 e. The molecule has 1 rings (SSSR count). The first-order chi connectivity index (χ1) is 8.88. The summed E-state index contributed by atoms with van der Waals surface area (Å²) in [6.45, 7) is 6.10. The van der Waals surface area contributed by atoms with E-state index in [9.17, 15) is 14.4 Å². The Kier molecular flexibility index (Phi) is 4.86. The van der Waals surface area contributed by atoms with Gasteiger partial charge in [0.15, 0.2) is 6.61 Å². The maximum absolute atomic E-state index is 12.0. The second-order valence-electron chi connectivity index (χ2n) is 4.05. The number of carbonyl (C=O) groups is 3. The number of H-pyrrole nitrogens is 1. The molecule has 0 bridgehead atoms. The van der Waals surface area contributed by atoms with Gasteiger partial charge in [0.05, 0.1) is 17.7 Å². The number of esters is 2. The van der Waals surface area contributed by atoms with Gasteiger partial charge in [-0.15, -0.1) is 0 Å². The summed E-state index contributed by atoms with van der Waals surface area (Å²) in [5, 5.41) is 0. The summed E-state index contributed by atoms with van der Waals surface area (Å²) in [6.07, 6.45) is 0. The van der Waals surface area contributed by atoms with Crippen molar-refractivity contribution in [2.75, 3.05) is 13.2 Å². The molecule has 0 saturated carbocycles. The summed E-state index contributed by atoms with van der Waals surface area (Å²) in [7, 11) is 0. The minimum atomic E-state index is -0.560. The third-order valence-corrected chi connectivity index (χ3v) is 2.54. The summed E-state index contributed by atoms with van der Waals surface area (Å²) in [4.78, 5) is 37.5. The number of ketones is 1. The van der Waals surface area contributed by atoms with E-state index in [1.165, 1.54) is 6.92 Å². The van der Waals surface area contributed by atoms with E-state index in [1.54, 1.807) is 20.8 Å². The van der Waals surface area contributed by atoms with Crippen LogP contribution in [0.5, 0.6) is 0 Å². The highest BCUT2D eigenvalue weighted by Crippen LogP contribution is 2.20. The zero-order valence-corrected chi connectivity index (χ0v) is 11.5. The number of aromatic amines is 1. The van der Waals surface area contributed by atoms with Crippen LogP contribution < -0.4 is 0 Å². The molecule has 19 heavy (non-hydrogen) atoms. The molecule has 1 aromatic heterocycles. The number of ether oxygens (including phenoxy) is 2. The van der Waals surface area contributed by atoms with Gasteiger partial charge < -0.3 is 14.5 Å². The standard InChI is InChI=1S/C13H17NO5/c1-5-18-13(17)12-8(3)14-7(2)11(12)10(16)6-19-9(4)15/h14H,5-6H2,1-4H3. The van der Waals surface area contributed by atoms with Crippen molar-refractivity contribution in [2.24, 2.45) is 0 Å². The second kappa shape index (κ2) is 6.17. The first-order valence-electron chi connectivity index (χ1n) is 5.91. The molecule has 0 unspecified atom stereocenters. The van der Waals surface area contributed by atoms with Gasteiger partial charge in [-0.1, -0.05) is 0 Å². The van der Waals surface area contributed by atoms with Gasteiger partial charge in [0.2, 0.25) is 5.78 Å². The highest BCUT2D eigenvalue weighted by molar-refractivity contribution is 6.09. The lowest BCUT2D eigenvalue weighted by Gasteiger charge is -2.05. The molecule has 1 N–H and O–H groups in total. The molecule has 0 fully saturated rings. The van der Waals surface area contributed by atoms with Gasteiger partial charge >= 0.3 is 11.9 Å². The van der Waals surface area contributed by atoms with Crippen molar-refractivity contribution in [2.45, 2.75) is 27.7 Å². The first-order valence-corrected chi connectivity index (χ1v) is 5.91. The maximum Gasteiger partial charge on any atom is 0.340 e. The van der Waals surface area contributed by atoms with Crippen molar-refractivity contribution in [3.63, 3.8) is 0 Å². The lowest BCUT2D eigenvalue weighted by Crippen LogP contribution is -2.17. The first kappa shape index (κ1) is 14.9. The van der Waals surface area contributed by atoms with E-state index in [0.717, 1.165) is 0 Å². The van der Waals surface area contributed by atoms with Crippen molar-refractivity contribution < 1.29 is 23.9 Å². The topological polar surface area (TPSA) is 85.5 Å². The maximum atomic E-state index is 12.0. The molecule has 0 atom stereocenters. The van der Waals surface area contributed by atoms with Crippen molar-refractivity contribution in [1.82, 2.24) is 4.98 Å². The lowest BCUT2D eigenvalue weighted by atomic mass is 10.1. The Morgan fingerprint density at radius 2 is 1.63 bits per heavy atom. The third-order valence-electron chi connectivity index (χ3n) is 2.54. The Labute approximate surface area is 111 Å². The molecule has 0 aliphatic carbocycles. The Bertz CT molecular complexity index is 515. The molecule has 0 aliphatic heterocycles. The number of carbonyl (C=O) groups excluding carboxylic acids is 3. The summed E-state index contributed by atoms with van der Waals surface area (Å²) in [5.74, 6) is -1.54. The number of rotatable bonds is 5. The predicted molar refractivity (Wildman–Crippen MR) is 67.2 cm³/mol. The van der Waals surface area contributed by atoms with Crippen LogP contribution in [0.4, 0.5) is 0 Å². The summed E-state index contributed by atoms with van der Waals surface area (Å²) < 4.78 is 9.58. The molecule has 0 aliphatic rings. The average Bonchev–Trinajstić information content (AvgIpc) is 2.61. The van der Waals surface area contributed by atoms with E-state index < -0.39 is 17.7 Å². The monoisotopic (exact) mass is 267 g/mol. The number of aromatic nitrogens is 1. The second-order valence-corrected chi connectivity index (χ2v) is 4.05. The summed E-state index contributed by atoms with van der Waals surface area (Å²) in [6, 6.07) is 0. The number of hydrogen-bond donors (Lipinski definition) is 1. The molecule has 104 valence electrons. The van der Waals surface area contributed by atoms with Gasteiger partial charge in [-0.3, -0.25) is 9.59 Å². The van der Waals surface area contributed by atoms with Gasteiger partial charge in [-0.25, -0.2) is 4.79 Å². The van der Waals surface area contributed by atoms with Gasteiger partial charge in [-0.2, -0.15) is 0 Å². The van der Waals surface area contributed by atoms with Gasteiger partial charge in [0, 0.05) is 18.3 Å². The van der Waals surface area contributed by atoms with Gasteiger partial charge in [0.1, 0.15) is 0 Å². The molecular weight excluding hydrogens is 250 g/mol. The highest BCUT2D eigenvalue weighted by Gasteiger charge is 2.25. The Morgan fingerprint density at radius 3 is 2.16 bits per heavy atom. The van der Waals surface area contributed by atoms with E-state index in [-0.39, 0.29) is 24.3 Å². The minimum Gasteiger partial charge on any atom is -0.462 e. The fraction of sp³-hybridized carbons (Fsp3) is 0.462. The molecule has 1 aromatic rings. The average molecular weight is 267 g/mol. The van der Waals surface area contributed by atoms with E-state index in [0.29, 0.717) is 11.4 Å². The van der Waals surface area contributed by atoms with E-state index >= 15 is 0 Å². The van der Waals surface area contributed by atoms with Crippen LogP contribution in [-0.4, -0.2) is 35.9 Å². The van der Waals surface area contributed by atoms with Crippen molar-refractivity contribution in [1.29, 1.82) is 0 Å². The molecule has 6 nitrogen and oxygen atoms in total. The SMILES string of the molecule is CCOC(=O)c1c(C)[nH]c(C)c1C(=O)COC(C)=O. The number of nitrogens with one attached hydrogen (secondary N) is 1. The summed E-state index contributed by atoms with van der Waals surface area (Å²) >= 11 is 0. The number of Topliss-reactive ketones (excluding diaryl/α,β-unsaturated/α-hetero) is 1. The van der Waals surface area contributed by atoms with Crippen molar-refractivity contribution >= 4 is 17.7 Å². The molecule has 0 saturated heterocycles. The van der Waals surface area contributed by atoms with E-state index in [4.69, 9.17) is 4.74 Å². The summed E-state index contributed by atoms with van der Waals surface area (Å²) in [5.41, 5.74) is 1.54. The van der Waals surface area contributed by atoms with Crippen LogP contribution in [0.2, 0.25) is 0 Å². The van der Waals surface area contributed by atoms with Crippen LogP contribution in [0.3, 0.4) is 0 Å². The zero-order valence-electron chi connectivity index (χ0n) is 11.5. The van der Waals surface area contributed by atoms with Crippen LogP contribution in [-0.2, 0) is 14.3 Å². The van der Waals surface area contributed by atoms with Gasteiger partial charge in [-0.05, 0) is 20.8 Å². The molecule has 0 amide bonds. The Balaban J connectivity index is 3.08. The molecule has 6 heteroatoms. The van der Waals surface area contributed by atoms with E-state index in [1.807, 2.05) is 0 Å². The quantitative estimate of drug-likeness (QED) is 0.646. The normalized spacial score (nSPS) is 10.1. The van der Waals surface area contributed by atoms with Gasteiger partial charge in [0.25, 0.3) is 0 Å². The third kappa shape index (κ3) is 3.43. The molecule has 0 spiro atoms. The van der Waals surface area contributed by atoms with Crippen LogP contribution in [0.25, 0.3) is 0 Å². The fourth-order valence-electron chi connectivity index (χ4n) is 1.83. The largest absolute Gasteiger partial charge is 0.462 e. The van der Waals surface area contributed by atoms with Crippen molar-refractivity contribution in [3.8, 4) is 0 Å². The Morgan fingerprint density at radius 1 is 1.05 bits per heavy atom. The predicted octanol–water partition coefficient (Wildman–Crippen LogP) is 1.55. The Hall–Kier alpha value is -2.11. The van der Waals surface area contributed by atoms with Crippen LogP contribution in [0.1, 0.15) is 46.0 Å². The molecule has 0 aromatic carbocycles. The number of aryl methyl sites for hydroxylation is 2. The van der Waals surface area contributed by atoms with E-state index in [2.05, 4.69) is 9.72 Å².